The van der Waals surface area contributed by atoms with Gasteiger partial charge in [0.2, 0.25) is 11.8 Å². The van der Waals surface area contributed by atoms with E-state index in [9.17, 15) is 18.4 Å². The molecule has 4 nitrogen and oxygen atoms in total. The number of rotatable bonds is 9. The molecule has 0 saturated carbocycles. The zero-order valence-corrected chi connectivity index (χ0v) is 17.4. The molecule has 2 N–H and O–H groups in total. The monoisotopic (exact) mass is 452 g/mol. The van der Waals surface area contributed by atoms with Crippen LogP contribution in [0.2, 0.25) is 10.0 Å². The van der Waals surface area contributed by atoms with Crippen LogP contribution in [0.25, 0.3) is 12.2 Å². The van der Waals surface area contributed by atoms with Crippen LogP contribution in [0.1, 0.15) is 24.0 Å². The summed E-state index contributed by atoms with van der Waals surface area (Å²) in [6.07, 6.45) is 6.32. The van der Waals surface area contributed by atoms with Crippen molar-refractivity contribution in [3.63, 3.8) is 0 Å². The van der Waals surface area contributed by atoms with Gasteiger partial charge < -0.3 is 10.6 Å². The zero-order valence-electron chi connectivity index (χ0n) is 15.9. The van der Waals surface area contributed by atoms with Crippen molar-refractivity contribution in [1.82, 2.24) is 10.6 Å². The normalized spacial score (nSPS) is 11.2. The molecule has 0 spiro atoms. The zero-order chi connectivity index (χ0) is 21.9. The number of carbonyl (C=O) groups is 2. The molecule has 0 aliphatic heterocycles. The molecule has 2 aromatic rings. The van der Waals surface area contributed by atoms with Crippen molar-refractivity contribution in [2.24, 2.45) is 0 Å². The third-order valence-electron chi connectivity index (χ3n) is 4.00. The molecule has 0 heterocycles. The van der Waals surface area contributed by atoms with Crippen molar-refractivity contribution in [3.8, 4) is 0 Å². The van der Waals surface area contributed by atoms with Gasteiger partial charge in [-0.2, -0.15) is 0 Å². The summed E-state index contributed by atoms with van der Waals surface area (Å²) in [5.74, 6) is -1.76. The summed E-state index contributed by atoms with van der Waals surface area (Å²) in [6.45, 7) is 0.787. The summed E-state index contributed by atoms with van der Waals surface area (Å²) in [5.41, 5.74) is 0.309. The molecule has 0 aliphatic carbocycles. The van der Waals surface area contributed by atoms with Crippen molar-refractivity contribution < 1.29 is 18.4 Å². The second-order valence-electron chi connectivity index (χ2n) is 6.23. The highest BCUT2D eigenvalue weighted by atomic mass is 35.5. The van der Waals surface area contributed by atoms with Gasteiger partial charge in [0.15, 0.2) is 0 Å². The van der Waals surface area contributed by atoms with Gasteiger partial charge in [0.05, 0.1) is 10.0 Å². The first kappa shape index (κ1) is 23.6. The number of hydrogen-bond acceptors (Lipinski definition) is 2. The molecule has 0 aliphatic rings. The summed E-state index contributed by atoms with van der Waals surface area (Å²) >= 11 is 11.8. The van der Waals surface area contributed by atoms with Crippen LogP contribution in [0, 0.1) is 11.6 Å². The van der Waals surface area contributed by atoms with Crippen molar-refractivity contribution >= 4 is 47.2 Å². The molecular formula is C22H20Cl2F2N2O2. The molecule has 2 amide bonds. The maximum Gasteiger partial charge on any atom is 0.244 e. The van der Waals surface area contributed by atoms with Crippen LogP contribution < -0.4 is 10.6 Å². The van der Waals surface area contributed by atoms with Gasteiger partial charge in [-0.3, -0.25) is 9.59 Å². The first-order valence-electron chi connectivity index (χ1n) is 9.18. The van der Waals surface area contributed by atoms with Gasteiger partial charge >= 0.3 is 0 Å². The van der Waals surface area contributed by atoms with E-state index >= 15 is 0 Å². The number of unbranched alkanes of at least 4 members (excludes halogenated alkanes) is 1. The van der Waals surface area contributed by atoms with Gasteiger partial charge in [0.1, 0.15) is 11.6 Å². The average molecular weight is 453 g/mol. The first-order chi connectivity index (χ1) is 14.4. The fraction of sp³-hybridized carbons (Fsp3) is 0.182. The predicted octanol–water partition coefficient (Wildman–Crippen LogP) is 5.01. The van der Waals surface area contributed by atoms with Crippen LogP contribution in [-0.2, 0) is 9.59 Å². The van der Waals surface area contributed by atoms with Crippen LogP contribution in [0.4, 0.5) is 8.78 Å². The van der Waals surface area contributed by atoms with Crippen molar-refractivity contribution in [2.45, 2.75) is 12.8 Å². The minimum atomic E-state index is -0.506. The van der Waals surface area contributed by atoms with E-state index in [-0.39, 0.29) is 33.0 Å². The van der Waals surface area contributed by atoms with Crippen LogP contribution in [0.15, 0.2) is 48.6 Å². The van der Waals surface area contributed by atoms with Gasteiger partial charge in [-0.05, 0) is 49.3 Å². The lowest BCUT2D eigenvalue weighted by Crippen LogP contribution is -2.25. The summed E-state index contributed by atoms with van der Waals surface area (Å²) in [6, 6.07) is 8.57. The van der Waals surface area contributed by atoms with Crippen LogP contribution in [0.5, 0.6) is 0 Å². The highest BCUT2D eigenvalue weighted by Gasteiger charge is 2.05. The SMILES string of the molecule is O=C(C=Cc1c(F)cccc1Cl)NCCCCNC(=O)C=Cc1c(F)cccc1Cl. The van der Waals surface area contributed by atoms with Gasteiger partial charge in [-0.1, -0.05) is 35.3 Å². The smallest absolute Gasteiger partial charge is 0.244 e. The Morgan fingerprint density at radius 1 is 0.767 bits per heavy atom. The number of benzene rings is 2. The van der Waals surface area contributed by atoms with E-state index in [1.807, 2.05) is 0 Å². The van der Waals surface area contributed by atoms with E-state index in [1.165, 1.54) is 60.7 Å². The maximum atomic E-state index is 13.6. The minimum Gasteiger partial charge on any atom is -0.353 e. The van der Waals surface area contributed by atoms with Crippen molar-refractivity contribution in [2.75, 3.05) is 13.1 Å². The predicted molar refractivity (Wildman–Crippen MR) is 116 cm³/mol. The fourth-order valence-electron chi connectivity index (χ4n) is 2.45. The number of carbonyl (C=O) groups excluding carboxylic acids is 2. The molecule has 8 heteroatoms. The summed E-state index contributed by atoms with van der Waals surface area (Å²) < 4.78 is 27.2. The summed E-state index contributed by atoms with van der Waals surface area (Å²) in [7, 11) is 0. The Balaban J connectivity index is 1.64. The Morgan fingerprint density at radius 2 is 1.17 bits per heavy atom. The van der Waals surface area contributed by atoms with Gasteiger partial charge in [-0.15, -0.1) is 0 Å². The molecular weight excluding hydrogens is 433 g/mol. The van der Waals surface area contributed by atoms with E-state index in [0.717, 1.165) is 0 Å². The number of amides is 2. The maximum absolute atomic E-state index is 13.6. The second kappa shape index (κ2) is 12.1. The molecule has 0 radical (unpaired) electrons. The summed E-state index contributed by atoms with van der Waals surface area (Å²) in [5, 5.41) is 5.78. The molecule has 30 heavy (non-hydrogen) atoms. The van der Waals surface area contributed by atoms with E-state index < -0.39 is 11.6 Å². The molecule has 0 aromatic heterocycles. The van der Waals surface area contributed by atoms with Gasteiger partial charge in [0.25, 0.3) is 0 Å². The van der Waals surface area contributed by atoms with E-state index in [1.54, 1.807) is 0 Å². The molecule has 0 fully saturated rings. The molecule has 2 aromatic carbocycles. The lowest BCUT2D eigenvalue weighted by molar-refractivity contribution is -0.117. The Morgan fingerprint density at radius 3 is 1.53 bits per heavy atom. The molecule has 0 saturated heterocycles. The third kappa shape index (κ3) is 7.61. The Bertz CT molecular complexity index is 844. The van der Waals surface area contributed by atoms with Crippen LogP contribution in [0.3, 0.4) is 0 Å². The van der Waals surface area contributed by atoms with Gasteiger partial charge in [0, 0.05) is 36.4 Å². The van der Waals surface area contributed by atoms with E-state index in [2.05, 4.69) is 10.6 Å². The lowest BCUT2D eigenvalue weighted by Gasteiger charge is -2.04. The highest BCUT2D eigenvalue weighted by molar-refractivity contribution is 6.32. The van der Waals surface area contributed by atoms with E-state index in [0.29, 0.717) is 25.9 Å². The number of halogens is 4. The molecule has 0 bridgehead atoms. The Kier molecular flexibility index (Phi) is 9.51. The van der Waals surface area contributed by atoms with Crippen molar-refractivity contribution in [3.05, 3.63) is 81.4 Å². The molecule has 2 rings (SSSR count). The average Bonchev–Trinajstić information content (AvgIpc) is 2.70. The molecule has 158 valence electrons. The molecule has 0 atom stereocenters. The second-order valence-corrected chi connectivity index (χ2v) is 7.04. The first-order valence-corrected chi connectivity index (χ1v) is 9.94. The van der Waals surface area contributed by atoms with Crippen LogP contribution >= 0.6 is 23.2 Å². The standard InChI is InChI=1S/C22H20Cl2F2N2O2/c23-17-5-3-7-19(25)15(17)9-11-21(29)27-13-1-2-14-28-22(30)12-10-16-18(24)6-4-8-20(16)26/h3-12H,1-2,13-14H2,(H,27,29)(H,28,30). The third-order valence-corrected chi connectivity index (χ3v) is 4.66. The van der Waals surface area contributed by atoms with Crippen molar-refractivity contribution in [1.29, 1.82) is 0 Å². The highest BCUT2D eigenvalue weighted by Crippen LogP contribution is 2.21. The summed E-state index contributed by atoms with van der Waals surface area (Å²) in [4.78, 5) is 23.5. The molecule has 0 unspecified atom stereocenters. The number of hydrogen-bond donors (Lipinski definition) is 2. The lowest BCUT2D eigenvalue weighted by atomic mass is 10.2. The minimum absolute atomic E-state index is 0.154. The topological polar surface area (TPSA) is 58.2 Å². The Labute approximate surface area is 183 Å². The number of nitrogens with one attached hydrogen (secondary N) is 2. The fourth-order valence-corrected chi connectivity index (χ4v) is 2.90. The Hall–Kier alpha value is -2.70. The van der Waals surface area contributed by atoms with Gasteiger partial charge in [-0.25, -0.2) is 8.78 Å². The van der Waals surface area contributed by atoms with E-state index in [4.69, 9.17) is 23.2 Å². The quantitative estimate of drug-likeness (QED) is 0.414. The van der Waals surface area contributed by atoms with Crippen LogP contribution in [-0.4, -0.2) is 24.9 Å². The largest absolute Gasteiger partial charge is 0.353 e.